The second-order valence-corrected chi connectivity index (χ2v) is 5.21. The molecule has 16 heavy (non-hydrogen) atoms. The van der Waals surface area contributed by atoms with Crippen LogP contribution in [0.15, 0.2) is 0 Å². The first-order chi connectivity index (χ1) is 7.49. The van der Waals surface area contributed by atoms with Gasteiger partial charge in [-0.25, -0.2) is 0 Å². The Labute approximate surface area is 103 Å². The van der Waals surface area contributed by atoms with E-state index in [2.05, 4.69) is 13.8 Å². The lowest BCUT2D eigenvalue weighted by atomic mass is 9.94. The maximum atomic E-state index is 12.4. The molecule has 0 aliphatic carbocycles. The number of nitrogens with zero attached hydrogens (tertiary/aromatic N) is 1. The molecule has 1 aliphatic heterocycles. The Hall–Kier alpha value is -0.640. The minimum atomic E-state index is -0.280. The van der Waals surface area contributed by atoms with E-state index in [4.69, 9.17) is 18.0 Å². The third-order valence-electron chi connectivity index (χ3n) is 3.50. The van der Waals surface area contributed by atoms with Crippen molar-refractivity contribution in [1.82, 2.24) is 4.90 Å². The first kappa shape index (κ1) is 13.4. The fraction of sp³-hybridized carbons (Fsp3) is 0.833. The molecule has 2 N–H and O–H groups in total. The van der Waals surface area contributed by atoms with Crippen LogP contribution >= 0.6 is 12.2 Å². The van der Waals surface area contributed by atoms with Crippen LogP contribution < -0.4 is 5.73 Å². The summed E-state index contributed by atoms with van der Waals surface area (Å²) in [7, 11) is 0. The zero-order valence-electron chi connectivity index (χ0n) is 10.4. The average molecular weight is 242 g/mol. The van der Waals surface area contributed by atoms with Gasteiger partial charge < -0.3 is 10.6 Å². The summed E-state index contributed by atoms with van der Waals surface area (Å²) in [5.74, 6) is -0.160. The minimum absolute atomic E-state index is 0.120. The maximum absolute atomic E-state index is 12.4. The number of carbonyl (C=O) groups is 1. The molecular weight excluding hydrogens is 220 g/mol. The van der Waals surface area contributed by atoms with E-state index in [-0.39, 0.29) is 11.8 Å². The summed E-state index contributed by atoms with van der Waals surface area (Å²) in [4.78, 5) is 14.7. The van der Waals surface area contributed by atoms with Crippen molar-refractivity contribution in [2.45, 2.75) is 58.5 Å². The second-order valence-electron chi connectivity index (χ2n) is 4.74. The largest absolute Gasteiger partial charge is 0.393 e. The summed E-state index contributed by atoms with van der Waals surface area (Å²) in [5.41, 5.74) is 5.63. The van der Waals surface area contributed by atoms with E-state index in [0.29, 0.717) is 23.5 Å². The number of thiocarbonyl (C=S) groups is 1. The van der Waals surface area contributed by atoms with Gasteiger partial charge in [0.25, 0.3) is 0 Å². The zero-order chi connectivity index (χ0) is 12.3. The first-order valence-corrected chi connectivity index (χ1v) is 6.51. The van der Waals surface area contributed by atoms with Gasteiger partial charge in [0.2, 0.25) is 5.91 Å². The summed E-state index contributed by atoms with van der Waals surface area (Å²) < 4.78 is 0. The summed E-state index contributed by atoms with van der Waals surface area (Å²) in [6, 6.07) is 0.638. The highest BCUT2D eigenvalue weighted by Crippen LogP contribution is 2.25. The Morgan fingerprint density at radius 2 is 1.94 bits per heavy atom. The van der Waals surface area contributed by atoms with E-state index in [1.165, 1.54) is 6.42 Å². The maximum Gasteiger partial charge on any atom is 0.232 e. The van der Waals surface area contributed by atoms with E-state index in [1.54, 1.807) is 0 Å². The molecule has 1 rings (SSSR count). The summed E-state index contributed by atoms with van der Waals surface area (Å²) >= 11 is 4.97. The number of rotatable bonds is 3. The average Bonchev–Trinajstić information content (AvgIpc) is 2.17. The summed E-state index contributed by atoms with van der Waals surface area (Å²) in [6.45, 7) is 6.18. The number of likely N-dealkylation sites (tertiary alicyclic amines) is 1. The molecule has 0 saturated carbocycles. The topological polar surface area (TPSA) is 46.3 Å². The number of piperidine rings is 1. The van der Waals surface area contributed by atoms with Gasteiger partial charge in [-0.2, -0.15) is 0 Å². The molecule has 0 aromatic heterocycles. The van der Waals surface area contributed by atoms with Crippen molar-refractivity contribution in [3.63, 3.8) is 0 Å². The van der Waals surface area contributed by atoms with Crippen molar-refractivity contribution in [1.29, 1.82) is 0 Å². The van der Waals surface area contributed by atoms with Crippen molar-refractivity contribution in [3.05, 3.63) is 0 Å². The van der Waals surface area contributed by atoms with E-state index in [0.717, 1.165) is 12.8 Å². The Morgan fingerprint density at radius 3 is 2.31 bits per heavy atom. The molecule has 1 fully saturated rings. The molecule has 3 nitrogen and oxygen atoms in total. The summed E-state index contributed by atoms with van der Waals surface area (Å²) in [5, 5.41) is 0. The molecule has 0 spiro atoms. The summed E-state index contributed by atoms with van der Waals surface area (Å²) in [6.07, 6.45) is 4.08. The van der Waals surface area contributed by atoms with Crippen LogP contribution in [0.3, 0.4) is 0 Å². The third kappa shape index (κ3) is 2.73. The van der Waals surface area contributed by atoms with Crippen LogP contribution in [0.2, 0.25) is 0 Å². The lowest BCUT2D eigenvalue weighted by Crippen LogP contribution is -2.51. The van der Waals surface area contributed by atoms with Crippen molar-refractivity contribution < 1.29 is 4.79 Å². The highest BCUT2D eigenvalue weighted by Gasteiger charge is 2.33. The van der Waals surface area contributed by atoms with Crippen molar-refractivity contribution >= 4 is 23.1 Å². The molecule has 4 heteroatoms. The molecule has 1 amide bonds. The molecule has 0 aromatic carbocycles. The van der Waals surface area contributed by atoms with Crippen LogP contribution in [-0.4, -0.2) is 27.9 Å². The first-order valence-electron chi connectivity index (χ1n) is 6.10. The van der Waals surface area contributed by atoms with Crippen LogP contribution in [0.5, 0.6) is 0 Å². The van der Waals surface area contributed by atoms with Gasteiger partial charge in [0.05, 0.1) is 10.9 Å². The Kier molecular flexibility index (Phi) is 4.71. The molecular formula is C12H22N2OS. The zero-order valence-corrected chi connectivity index (χ0v) is 11.2. The fourth-order valence-corrected chi connectivity index (χ4v) is 2.80. The number of carbonyl (C=O) groups excluding carboxylic acids is 1. The molecule has 1 saturated heterocycles. The van der Waals surface area contributed by atoms with Crippen LogP contribution in [0.1, 0.15) is 46.5 Å². The Bertz CT molecular complexity index is 270. The van der Waals surface area contributed by atoms with E-state index in [9.17, 15) is 4.79 Å². The number of nitrogens with two attached hydrogens (primary N) is 1. The highest BCUT2D eigenvalue weighted by atomic mass is 32.1. The number of amides is 1. The normalized spacial score (nSPS) is 27.6. The number of hydrogen-bond acceptors (Lipinski definition) is 2. The van der Waals surface area contributed by atoms with Crippen molar-refractivity contribution in [3.8, 4) is 0 Å². The van der Waals surface area contributed by atoms with Gasteiger partial charge >= 0.3 is 0 Å². The van der Waals surface area contributed by atoms with E-state index >= 15 is 0 Å². The standard InChI is InChI=1S/C12H22N2OS/c1-4-10(11(13)16)12(15)14-8(2)6-5-7-9(14)3/h8-10H,4-7H2,1-3H3,(H2,13,16). The fourth-order valence-electron chi connectivity index (χ4n) is 2.53. The molecule has 3 unspecified atom stereocenters. The van der Waals surface area contributed by atoms with Gasteiger partial charge in [0.1, 0.15) is 0 Å². The predicted molar refractivity (Wildman–Crippen MR) is 70.2 cm³/mol. The smallest absolute Gasteiger partial charge is 0.232 e. The lowest BCUT2D eigenvalue weighted by Gasteiger charge is -2.40. The van der Waals surface area contributed by atoms with Crippen LogP contribution in [0.25, 0.3) is 0 Å². The van der Waals surface area contributed by atoms with Gasteiger partial charge in [-0.3, -0.25) is 4.79 Å². The van der Waals surface area contributed by atoms with Gasteiger partial charge in [0.15, 0.2) is 0 Å². The minimum Gasteiger partial charge on any atom is -0.393 e. The van der Waals surface area contributed by atoms with Gasteiger partial charge in [-0.1, -0.05) is 19.1 Å². The molecule has 0 aromatic rings. The third-order valence-corrected chi connectivity index (χ3v) is 3.78. The highest BCUT2D eigenvalue weighted by molar-refractivity contribution is 7.80. The lowest BCUT2D eigenvalue weighted by molar-refractivity contribution is -0.139. The molecule has 1 aliphatic rings. The monoisotopic (exact) mass is 242 g/mol. The Morgan fingerprint density at radius 1 is 1.44 bits per heavy atom. The molecule has 1 heterocycles. The quantitative estimate of drug-likeness (QED) is 0.771. The predicted octanol–water partition coefficient (Wildman–Crippen LogP) is 2.09. The van der Waals surface area contributed by atoms with Crippen LogP contribution in [0.4, 0.5) is 0 Å². The van der Waals surface area contributed by atoms with E-state index < -0.39 is 0 Å². The van der Waals surface area contributed by atoms with Gasteiger partial charge in [-0.05, 0) is 39.5 Å². The Balaban J connectivity index is 2.80. The molecule has 0 radical (unpaired) electrons. The van der Waals surface area contributed by atoms with Gasteiger partial charge in [0, 0.05) is 12.1 Å². The van der Waals surface area contributed by atoms with Gasteiger partial charge in [-0.15, -0.1) is 0 Å². The van der Waals surface area contributed by atoms with E-state index in [1.807, 2.05) is 11.8 Å². The second kappa shape index (κ2) is 5.62. The number of hydrogen-bond donors (Lipinski definition) is 1. The SMILES string of the molecule is CCC(C(=O)N1C(C)CCCC1C)C(N)=S. The van der Waals surface area contributed by atoms with Crippen molar-refractivity contribution in [2.24, 2.45) is 11.7 Å². The molecule has 92 valence electrons. The molecule has 3 atom stereocenters. The molecule has 0 bridgehead atoms. The van der Waals surface area contributed by atoms with Crippen LogP contribution in [0, 0.1) is 5.92 Å². The van der Waals surface area contributed by atoms with Crippen LogP contribution in [-0.2, 0) is 4.79 Å². The van der Waals surface area contributed by atoms with Crippen molar-refractivity contribution in [2.75, 3.05) is 0 Å².